The fourth-order valence-corrected chi connectivity index (χ4v) is 3.81. The van der Waals surface area contributed by atoms with Crippen LogP contribution >= 0.6 is 0 Å². The third-order valence-corrected chi connectivity index (χ3v) is 4.91. The van der Waals surface area contributed by atoms with Gasteiger partial charge in [-0.1, -0.05) is 27.7 Å². The molecular weight excluding hydrogens is 224 g/mol. The van der Waals surface area contributed by atoms with E-state index in [0.29, 0.717) is 23.5 Å². The number of nitrogens with zero attached hydrogens (tertiary/aromatic N) is 1. The first-order chi connectivity index (χ1) is 8.60. The molecule has 2 fully saturated rings. The average molecular weight is 254 g/mol. The van der Waals surface area contributed by atoms with Crippen molar-refractivity contribution in [2.75, 3.05) is 26.3 Å². The molecule has 1 saturated heterocycles. The fraction of sp³-hybridized carbons (Fsp3) is 1.00. The van der Waals surface area contributed by atoms with Gasteiger partial charge in [-0.3, -0.25) is 4.90 Å². The highest BCUT2D eigenvalue weighted by Crippen LogP contribution is 2.40. The van der Waals surface area contributed by atoms with Gasteiger partial charge in [-0.2, -0.15) is 0 Å². The van der Waals surface area contributed by atoms with Crippen LogP contribution in [0.15, 0.2) is 0 Å². The summed E-state index contributed by atoms with van der Waals surface area (Å²) >= 11 is 0. The summed E-state index contributed by atoms with van der Waals surface area (Å²) in [7, 11) is 0. The number of nitrogens with one attached hydrogen (secondary N) is 1. The summed E-state index contributed by atoms with van der Waals surface area (Å²) in [5.41, 5.74) is 0.428. The van der Waals surface area contributed by atoms with E-state index in [2.05, 4.69) is 37.9 Å². The highest BCUT2D eigenvalue weighted by Gasteiger charge is 2.45. The molecular formula is C15H30N2O. The second kappa shape index (κ2) is 5.89. The molecule has 3 unspecified atom stereocenters. The lowest BCUT2D eigenvalue weighted by Gasteiger charge is -2.43. The molecule has 1 aliphatic heterocycles. The van der Waals surface area contributed by atoms with Gasteiger partial charge >= 0.3 is 0 Å². The summed E-state index contributed by atoms with van der Waals surface area (Å²) in [4.78, 5) is 2.73. The van der Waals surface area contributed by atoms with Crippen LogP contribution < -0.4 is 5.32 Å². The first kappa shape index (κ1) is 14.3. The summed E-state index contributed by atoms with van der Waals surface area (Å²) in [5.74, 6) is 0. The molecule has 0 radical (unpaired) electrons. The first-order valence-corrected chi connectivity index (χ1v) is 7.67. The Morgan fingerprint density at radius 1 is 1.33 bits per heavy atom. The normalized spacial score (nSPS) is 37.0. The van der Waals surface area contributed by atoms with Crippen LogP contribution in [0, 0.1) is 5.41 Å². The van der Waals surface area contributed by atoms with Crippen molar-refractivity contribution in [2.24, 2.45) is 5.41 Å². The van der Waals surface area contributed by atoms with Crippen LogP contribution in [-0.2, 0) is 4.74 Å². The Morgan fingerprint density at radius 2 is 2.11 bits per heavy atom. The summed E-state index contributed by atoms with van der Waals surface area (Å²) in [5, 5.41) is 3.74. The van der Waals surface area contributed by atoms with Crippen molar-refractivity contribution in [1.82, 2.24) is 10.2 Å². The maximum atomic E-state index is 5.65. The number of hydrogen-bond donors (Lipinski definition) is 1. The Morgan fingerprint density at radius 3 is 2.78 bits per heavy atom. The zero-order valence-electron chi connectivity index (χ0n) is 12.5. The van der Waals surface area contributed by atoms with Gasteiger partial charge in [0.15, 0.2) is 0 Å². The van der Waals surface area contributed by atoms with E-state index >= 15 is 0 Å². The van der Waals surface area contributed by atoms with Gasteiger partial charge in [0.05, 0.1) is 13.2 Å². The molecule has 1 aliphatic carbocycles. The van der Waals surface area contributed by atoms with Crippen LogP contribution in [0.5, 0.6) is 0 Å². The second-order valence-corrected chi connectivity index (χ2v) is 6.50. The lowest BCUT2D eigenvalue weighted by atomic mass is 9.86. The van der Waals surface area contributed by atoms with Crippen molar-refractivity contribution in [2.45, 2.75) is 65.1 Å². The van der Waals surface area contributed by atoms with E-state index < -0.39 is 0 Å². The lowest BCUT2D eigenvalue weighted by Crippen LogP contribution is -2.58. The van der Waals surface area contributed by atoms with E-state index in [1.54, 1.807) is 0 Å². The van der Waals surface area contributed by atoms with Crippen molar-refractivity contribution >= 4 is 0 Å². The van der Waals surface area contributed by atoms with Gasteiger partial charge in [-0.15, -0.1) is 0 Å². The summed E-state index contributed by atoms with van der Waals surface area (Å²) < 4.78 is 5.65. The van der Waals surface area contributed by atoms with Gasteiger partial charge in [-0.05, 0) is 31.2 Å². The largest absolute Gasteiger partial charge is 0.378 e. The highest BCUT2D eigenvalue weighted by molar-refractivity contribution is 5.02. The fourth-order valence-electron chi connectivity index (χ4n) is 3.81. The van der Waals surface area contributed by atoms with Crippen LogP contribution in [-0.4, -0.2) is 49.3 Å². The van der Waals surface area contributed by atoms with E-state index in [0.717, 1.165) is 26.3 Å². The highest BCUT2D eigenvalue weighted by atomic mass is 16.5. The molecule has 0 aromatic rings. The minimum absolute atomic E-state index is 0.428. The minimum atomic E-state index is 0.428. The Balaban J connectivity index is 2.10. The van der Waals surface area contributed by atoms with E-state index in [9.17, 15) is 0 Å². The monoisotopic (exact) mass is 254 g/mol. The molecule has 106 valence electrons. The van der Waals surface area contributed by atoms with Gasteiger partial charge in [-0.25, -0.2) is 0 Å². The Bertz CT molecular complexity index is 267. The zero-order chi connectivity index (χ0) is 13.2. The van der Waals surface area contributed by atoms with Gasteiger partial charge < -0.3 is 10.1 Å². The topological polar surface area (TPSA) is 24.5 Å². The SMILES string of the molecule is CCNC1C(N2CCOCC2CC)CCC1(C)C. The van der Waals surface area contributed by atoms with Gasteiger partial charge in [0.1, 0.15) is 0 Å². The van der Waals surface area contributed by atoms with Gasteiger partial charge in [0, 0.05) is 24.7 Å². The maximum Gasteiger partial charge on any atom is 0.0622 e. The number of morpholine rings is 1. The quantitative estimate of drug-likeness (QED) is 0.833. The number of rotatable bonds is 4. The third kappa shape index (κ3) is 2.73. The molecule has 2 aliphatic rings. The van der Waals surface area contributed by atoms with Crippen molar-refractivity contribution in [3.05, 3.63) is 0 Å². The second-order valence-electron chi connectivity index (χ2n) is 6.50. The Hall–Kier alpha value is -0.120. The van der Waals surface area contributed by atoms with Crippen LogP contribution in [0.3, 0.4) is 0 Å². The zero-order valence-corrected chi connectivity index (χ0v) is 12.5. The molecule has 0 aromatic carbocycles. The molecule has 1 saturated carbocycles. The maximum absolute atomic E-state index is 5.65. The molecule has 2 rings (SSSR count). The molecule has 1 heterocycles. The number of ether oxygens (including phenoxy) is 1. The molecule has 0 aromatic heterocycles. The molecule has 18 heavy (non-hydrogen) atoms. The molecule has 0 amide bonds. The molecule has 3 heteroatoms. The Labute approximate surface area is 112 Å². The minimum Gasteiger partial charge on any atom is -0.378 e. The van der Waals surface area contributed by atoms with E-state index in [4.69, 9.17) is 4.74 Å². The van der Waals surface area contributed by atoms with Gasteiger partial charge in [0.25, 0.3) is 0 Å². The van der Waals surface area contributed by atoms with Crippen LogP contribution in [0.25, 0.3) is 0 Å². The third-order valence-electron chi connectivity index (χ3n) is 4.91. The molecule has 3 nitrogen and oxygen atoms in total. The molecule has 0 bridgehead atoms. The number of likely N-dealkylation sites (N-methyl/N-ethyl adjacent to an activating group) is 1. The van der Waals surface area contributed by atoms with E-state index in [1.165, 1.54) is 19.3 Å². The van der Waals surface area contributed by atoms with Crippen molar-refractivity contribution < 1.29 is 4.74 Å². The van der Waals surface area contributed by atoms with Crippen LogP contribution in [0.4, 0.5) is 0 Å². The predicted molar refractivity (Wildman–Crippen MR) is 75.9 cm³/mol. The average Bonchev–Trinajstić information content (AvgIpc) is 2.66. The van der Waals surface area contributed by atoms with E-state index in [-0.39, 0.29) is 0 Å². The van der Waals surface area contributed by atoms with Crippen molar-refractivity contribution in [1.29, 1.82) is 0 Å². The molecule has 1 N–H and O–H groups in total. The smallest absolute Gasteiger partial charge is 0.0622 e. The van der Waals surface area contributed by atoms with E-state index in [1.807, 2.05) is 0 Å². The van der Waals surface area contributed by atoms with Crippen LogP contribution in [0.2, 0.25) is 0 Å². The molecule has 0 spiro atoms. The Kier molecular flexibility index (Phi) is 4.68. The number of hydrogen-bond acceptors (Lipinski definition) is 3. The van der Waals surface area contributed by atoms with Gasteiger partial charge in [0.2, 0.25) is 0 Å². The summed E-state index contributed by atoms with van der Waals surface area (Å²) in [6.07, 6.45) is 3.88. The predicted octanol–water partition coefficient (Wildman–Crippen LogP) is 2.26. The van der Waals surface area contributed by atoms with Crippen LogP contribution in [0.1, 0.15) is 47.0 Å². The molecule has 3 atom stereocenters. The van der Waals surface area contributed by atoms with Crippen molar-refractivity contribution in [3.8, 4) is 0 Å². The first-order valence-electron chi connectivity index (χ1n) is 7.67. The van der Waals surface area contributed by atoms with Crippen molar-refractivity contribution in [3.63, 3.8) is 0 Å². The standard InChI is InChI=1S/C15H30N2O/c1-5-12-11-18-10-9-17(12)13-7-8-15(3,4)14(13)16-6-2/h12-14,16H,5-11H2,1-4H3. The summed E-state index contributed by atoms with van der Waals surface area (Å²) in [6.45, 7) is 13.4. The summed E-state index contributed by atoms with van der Waals surface area (Å²) in [6, 6.07) is 1.96. The lowest BCUT2D eigenvalue weighted by molar-refractivity contribution is -0.0368.